The van der Waals surface area contributed by atoms with E-state index in [0.717, 1.165) is 36.8 Å². The first-order valence-corrected chi connectivity index (χ1v) is 13.8. The van der Waals surface area contributed by atoms with Crippen molar-refractivity contribution in [2.45, 2.75) is 32.2 Å². The van der Waals surface area contributed by atoms with Gasteiger partial charge in [0.1, 0.15) is 13.8 Å². The van der Waals surface area contributed by atoms with E-state index in [1.54, 1.807) is 15.6 Å². The van der Waals surface area contributed by atoms with Crippen molar-refractivity contribution in [3.05, 3.63) is 117 Å². The van der Waals surface area contributed by atoms with E-state index in [9.17, 15) is 5.11 Å². The second-order valence-corrected chi connectivity index (χ2v) is 13.4. The lowest BCUT2D eigenvalue weighted by Gasteiger charge is -2.45. The van der Waals surface area contributed by atoms with Gasteiger partial charge in [0.25, 0.3) is 0 Å². The molecule has 0 aliphatic carbocycles. The Morgan fingerprint density at radius 3 is 1.06 bits per heavy atom. The third-order valence-corrected chi connectivity index (χ3v) is 12.9. The third kappa shape index (κ3) is 2.21. The molecule has 150 valence electrons. The fraction of sp³-hybridized carbons (Fsp3) is 0.172. The monoisotopic (exact) mass is 416 g/mol. The SMILES string of the molecule is C[Si]12c3c4cccc3Cc3cccc(c31)Cc1cccc(c12)Cc1cccc(c1O)C4. The van der Waals surface area contributed by atoms with Gasteiger partial charge in [-0.2, -0.15) is 0 Å². The van der Waals surface area contributed by atoms with Crippen LogP contribution in [-0.4, -0.2) is 13.2 Å². The highest BCUT2D eigenvalue weighted by Crippen LogP contribution is 2.34. The Kier molecular flexibility index (Phi) is 3.39. The number of rotatable bonds is 0. The van der Waals surface area contributed by atoms with Gasteiger partial charge < -0.3 is 5.11 Å². The highest BCUT2D eigenvalue weighted by molar-refractivity contribution is 7.12. The molecular formula is C29H24OSi. The van der Waals surface area contributed by atoms with Crippen LogP contribution in [0, 0.1) is 0 Å². The standard InChI is InChI=1S/C29H24OSi/c1-31-27-20-8-3-10-22(27)16-24-12-5-13-25(29(24)31)17-23-11-4-9-21(28(23)31)15-19-7-2-6-18(14-20)26(19)30/h2-13,30H,14-17H2,1H3. The van der Waals surface area contributed by atoms with Gasteiger partial charge in [-0.3, -0.25) is 0 Å². The van der Waals surface area contributed by atoms with Crippen molar-refractivity contribution in [1.29, 1.82) is 0 Å². The molecule has 3 heterocycles. The van der Waals surface area contributed by atoms with Crippen molar-refractivity contribution in [1.82, 2.24) is 0 Å². The Bertz CT molecular complexity index is 1320. The molecule has 4 aromatic carbocycles. The van der Waals surface area contributed by atoms with Crippen LogP contribution in [0.3, 0.4) is 0 Å². The lowest BCUT2D eigenvalue weighted by molar-refractivity contribution is 0.463. The van der Waals surface area contributed by atoms with E-state index >= 15 is 0 Å². The highest BCUT2D eigenvalue weighted by Gasteiger charge is 2.47. The zero-order valence-corrected chi connectivity index (χ0v) is 18.7. The second kappa shape index (κ2) is 5.99. The zero-order valence-electron chi connectivity index (χ0n) is 17.7. The average molecular weight is 417 g/mol. The van der Waals surface area contributed by atoms with E-state index in [0.29, 0.717) is 5.75 Å². The Hall–Kier alpha value is -3.10. The molecule has 0 fully saturated rings. The van der Waals surface area contributed by atoms with Crippen LogP contribution in [-0.2, 0) is 25.7 Å². The minimum Gasteiger partial charge on any atom is -0.507 e. The summed E-state index contributed by atoms with van der Waals surface area (Å²) in [5.41, 5.74) is 11.0. The van der Waals surface area contributed by atoms with Crippen molar-refractivity contribution in [2.24, 2.45) is 0 Å². The number of fused-ring (bicyclic) bond motifs is 2. The molecule has 3 aliphatic rings. The molecule has 7 rings (SSSR count). The number of phenolic OH excluding ortho intramolecular Hbond substituents is 1. The Labute approximate surface area is 184 Å². The number of para-hydroxylation sites is 1. The van der Waals surface area contributed by atoms with Gasteiger partial charge in [0.2, 0.25) is 0 Å². The summed E-state index contributed by atoms with van der Waals surface area (Å²) in [4.78, 5) is 0. The maximum absolute atomic E-state index is 11.1. The summed E-state index contributed by atoms with van der Waals surface area (Å²) in [5, 5.41) is 16.0. The summed E-state index contributed by atoms with van der Waals surface area (Å²) in [5.74, 6) is 0.482. The van der Waals surface area contributed by atoms with Gasteiger partial charge in [-0.15, -0.1) is 0 Å². The number of hydrogen-bond donors (Lipinski definition) is 1. The third-order valence-electron chi connectivity index (χ3n) is 7.94. The Balaban J connectivity index is 1.68. The Morgan fingerprint density at radius 1 is 0.484 bits per heavy atom. The quantitative estimate of drug-likeness (QED) is 0.381. The van der Waals surface area contributed by atoms with Crippen LogP contribution in [0.1, 0.15) is 44.5 Å². The summed E-state index contributed by atoms with van der Waals surface area (Å²) >= 11 is 0. The van der Waals surface area contributed by atoms with Gasteiger partial charge >= 0.3 is 0 Å². The summed E-state index contributed by atoms with van der Waals surface area (Å²) in [6, 6.07) is 27.1. The second-order valence-electron chi connectivity index (χ2n) is 9.61. The van der Waals surface area contributed by atoms with Crippen molar-refractivity contribution >= 4 is 23.6 Å². The van der Waals surface area contributed by atoms with Gasteiger partial charge in [0, 0.05) is 12.8 Å². The van der Waals surface area contributed by atoms with Gasteiger partial charge in [-0.1, -0.05) is 79.3 Å². The topological polar surface area (TPSA) is 20.2 Å². The molecule has 3 aliphatic heterocycles. The first kappa shape index (κ1) is 17.6. The molecule has 0 amide bonds. The summed E-state index contributed by atoms with van der Waals surface area (Å²) in [6.45, 7) is 2.61. The maximum atomic E-state index is 11.1. The normalized spacial score (nSPS) is 16.4. The van der Waals surface area contributed by atoms with Crippen molar-refractivity contribution in [3.8, 4) is 5.75 Å². The molecule has 0 saturated carbocycles. The van der Waals surface area contributed by atoms with Crippen LogP contribution < -0.4 is 15.6 Å². The van der Waals surface area contributed by atoms with E-state index < -0.39 is 8.07 Å². The van der Waals surface area contributed by atoms with E-state index in [2.05, 4.69) is 79.3 Å². The predicted molar refractivity (Wildman–Crippen MR) is 129 cm³/mol. The molecule has 2 heteroatoms. The van der Waals surface area contributed by atoms with Crippen LogP contribution in [0.5, 0.6) is 5.75 Å². The van der Waals surface area contributed by atoms with Crippen LogP contribution in [0.2, 0.25) is 6.55 Å². The lowest BCUT2D eigenvalue weighted by atomic mass is 9.91. The fourth-order valence-electron chi connectivity index (χ4n) is 6.90. The van der Waals surface area contributed by atoms with Gasteiger partial charge in [-0.25, -0.2) is 0 Å². The number of hydrogen-bond acceptors (Lipinski definition) is 1. The molecule has 0 saturated heterocycles. The molecule has 1 nitrogen and oxygen atoms in total. The van der Waals surface area contributed by atoms with Crippen LogP contribution in [0.25, 0.3) is 0 Å². The van der Waals surface area contributed by atoms with E-state index in [-0.39, 0.29) is 0 Å². The molecule has 0 aromatic heterocycles. The van der Waals surface area contributed by atoms with Crippen LogP contribution >= 0.6 is 0 Å². The number of phenols is 1. The first-order valence-electron chi connectivity index (χ1n) is 11.3. The minimum absolute atomic E-state index is 0.482. The Morgan fingerprint density at radius 2 is 0.742 bits per heavy atom. The molecule has 0 unspecified atom stereocenters. The molecule has 4 aromatic rings. The fourth-order valence-corrected chi connectivity index (χ4v) is 12.5. The highest BCUT2D eigenvalue weighted by atomic mass is 28.3. The first-order chi connectivity index (χ1) is 15.1. The summed E-state index contributed by atoms with van der Waals surface area (Å²) < 4.78 is 0. The summed E-state index contributed by atoms with van der Waals surface area (Å²) in [7, 11) is -2.17. The van der Waals surface area contributed by atoms with Crippen LogP contribution in [0.4, 0.5) is 0 Å². The zero-order chi connectivity index (χ0) is 20.7. The maximum Gasteiger partial charge on any atom is 0.147 e. The van der Waals surface area contributed by atoms with Crippen LogP contribution in [0.15, 0.2) is 72.8 Å². The van der Waals surface area contributed by atoms with E-state index in [1.807, 2.05) is 0 Å². The molecular weight excluding hydrogens is 392 g/mol. The van der Waals surface area contributed by atoms with Crippen molar-refractivity contribution in [2.75, 3.05) is 0 Å². The molecule has 0 radical (unpaired) electrons. The van der Waals surface area contributed by atoms with Crippen molar-refractivity contribution < 1.29 is 5.11 Å². The van der Waals surface area contributed by atoms with E-state index in [4.69, 9.17) is 0 Å². The minimum atomic E-state index is -2.17. The molecule has 0 atom stereocenters. The van der Waals surface area contributed by atoms with Gasteiger partial charge in [0.15, 0.2) is 0 Å². The van der Waals surface area contributed by atoms with Gasteiger partial charge in [0.05, 0.1) is 0 Å². The largest absolute Gasteiger partial charge is 0.507 e. The number of aromatic hydroxyl groups is 1. The van der Waals surface area contributed by atoms with Crippen molar-refractivity contribution in [3.63, 3.8) is 0 Å². The molecule has 2 bridgehead atoms. The van der Waals surface area contributed by atoms with Gasteiger partial charge in [-0.05, 0) is 72.9 Å². The predicted octanol–water partition coefficient (Wildman–Crippen LogP) is 3.80. The molecule has 0 spiro atoms. The average Bonchev–Trinajstić information content (AvgIpc) is 2.76. The summed E-state index contributed by atoms with van der Waals surface area (Å²) in [6.07, 6.45) is 3.66. The molecule has 31 heavy (non-hydrogen) atoms. The lowest BCUT2D eigenvalue weighted by Crippen LogP contribution is -2.73. The smallest absolute Gasteiger partial charge is 0.147 e. The number of benzene rings is 4. The molecule has 1 N–H and O–H groups in total. The van der Waals surface area contributed by atoms with E-state index in [1.165, 1.54) is 33.4 Å².